The number of hydrogen-bond donors (Lipinski definition) is 3. The van der Waals surface area contributed by atoms with Crippen LogP contribution in [0.3, 0.4) is 0 Å². The Balaban J connectivity index is 4.21. The molecule has 11 heteroatoms. The highest BCUT2D eigenvalue weighted by Crippen LogP contribution is 2.43. The number of aliphatic hydroxyl groups excluding tert-OH is 2. The lowest BCUT2D eigenvalue weighted by Crippen LogP contribution is -2.29. The lowest BCUT2D eigenvalue weighted by Gasteiger charge is -2.20. The van der Waals surface area contributed by atoms with E-state index in [0.29, 0.717) is 12.8 Å². The van der Waals surface area contributed by atoms with E-state index in [2.05, 4.69) is 42.7 Å². The van der Waals surface area contributed by atoms with Crippen molar-refractivity contribution >= 4 is 19.8 Å². The number of aliphatic hydroxyl groups is 2. The van der Waals surface area contributed by atoms with Gasteiger partial charge in [-0.2, -0.15) is 0 Å². The van der Waals surface area contributed by atoms with Crippen molar-refractivity contribution in [2.45, 2.75) is 206 Å². The van der Waals surface area contributed by atoms with Gasteiger partial charge in [0.05, 0.1) is 19.8 Å². The number of phosphoric acid groups is 1. The van der Waals surface area contributed by atoms with E-state index < -0.39 is 51.8 Å². The van der Waals surface area contributed by atoms with Crippen molar-refractivity contribution in [3.63, 3.8) is 0 Å². The predicted octanol–water partition coefficient (Wildman–Crippen LogP) is 12.7. The zero-order valence-corrected chi connectivity index (χ0v) is 38.1. The average Bonchev–Trinajstić information content (AvgIpc) is 3.22. The second kappa shape index (κ2) is 43.7. The second-order valence-corrected chi connectivity index (χ2v) is 16.9. The minimum absolute atomic E-state index is 0.135. The number of phosphoric ester groups is 1. The van der Waals surface area contributed by atoms with Crippen molar-refractivity contribution in [2.75, 3.05) is 26.4 Å². The number of rotatable bonds is 43. The van der Waals surface area contributed by atoms with E-state index in [0.717, 1.165) is 51.4 Å². The molecule has 0 heterocycles. The van der Waals surface area contributed by atoms with Crippen LogP contribution < -0.4 is 0 Å². The Morgan fingerprint density at radius 2 is 0.949 bits per heavy atom. The van der Waals surface area contributed by atoms with Crippen LogP contribution in [0.4, 0.5) is 0 Å². The van der Waals surface area contributed by atoms with Crippen LogP contribution in [0.2, 0.25) is 0 Å². The Kier molecular flexibility index (Phi) is 42.0. The largest absolute Gasteiger partial charge is 0.472 e. The fraction of sp³-hybridized carbons (Fsp3) is 0.750. The molecular weight excluding hydrogens is 767 g/mol. The first-order valence-corrected chi connectivity index (χ1v) is 24.8. The van der Waals surface area contributed by atoms with Gasteiger partial charge in [0.2, 0.25) is 0 Å². The van der Waals surface area contributed by atoms with Gasteiger partial charge < -0.3 is 24.6 Å². The molecule has 59 heavy (non-hydrogen) atoms. The highest BCUT2D eigenvalue weighted by atomic mass is 31.2. The van der Waals surface area contributed by atoms with Crippen molar-refractivity contribution < 1.29 is 47.8 Å². The third-order valence-electron chi connectivity index (χ3n) is 9.75. The predicted molar refractivity (Wildman–Crippen MR) is 242 cm³/mol. The smallest absolute Gasteiger partial charge is 0.462 e. The molecule has 0 radical (unpaired) electrons. The monoisotopic (exact) mass is 853 g/mol. The van der Waals surface area contributed by atoms with Crippen molar-refractivity contribution in [1.29, 1.82) is 0 Å². The highest BCUT2D eigenvalue weighted by molar-refractivity contribution is 7.47. The molecule has 0 spiro atoms. The Morgan fingerprint density at radius 3 is 1.47 bits per heavy atom. The molecule has 0 aromatic carbocycles. The molecule has 2 unspecified atom stereocenters. The lowest BCUT2D eigenvalue weighted by atomic mass is 10.0. The molecule has 0 rings (SSSR count). The topological polar surface area (TPSA) is 149 Å². The normalized spacial score (nSPS) is 14.3. The summed E-state index contributed by atoms with van der Waals surface area (Å²) in [6.07, 6.45) is 49.2. The van der Waals surface area contributed by atoms with E-state index in [-0.39, 0.29) is 19.4 Å². The number of unbranched alkanes of at least 4 members (excludes halogenated alkanes) is 22. The van der Waals surface area contributed by atoms with Crippen LogP contribution in [0.25, 0.3) is 0 Å². The number of hydrogen-bond acceptors (Lipinski definition) is 9. The van der Waals surface area contributed by atoms with E-state index in [9.17, 15) is 24.2 Å². The van der Waals surface area contributed by atoms with E-state index in [1.807, 2.05) is 36.5 Å². The van der Waals surface area contributed by atoms with Crippen LogP contribution in [0.5, 0.6) is 0 Å². The molecule has 0 aliphatic heterocycles. The third-order valence-corrected chi connectivity index (χ3v) is 10.7. The number of carbonyl (C=O) groups is 2. The Morgan fingerprint density at radius 1 is 0.525 bits per heavy atom. The van der Waals surface area contributed by atoms with Gasteiger partial charge in [0.1, 0.15) is 12.7 Å². The summed E-state index contributed by atoms with van der Waals surface area (Å²) in [6.45, 7) is 2.19. The molecule has 0 aliphatic rings. The molecule has 342 valence electrons. The van der Waals surface area contributed by atoms with Gasteiger partial charge in [0, 0.05) is 12.8 Å². The molecule has 3 atom stereocenters. The fourth-order valence-corrected chi connectivity index (χ4v) is 6.96. The minimum atomic E-state index is -4.63. The molecule has 0 aromatic heterocycles. The van der Waals surface area contributed by atoms with Gasteiger partial charge in [-0.25, -0.2) is 4.57 Å². The molecular formula is C48H85O10P. The lowest BCUT2D eigenvalue weighted by molar-refractivity contribution is -0.161. The number of esters is 2. The molecule has 0 saturated heterocycles. The van der Waals surface area contributed by atoms with Gasteiger partial charge in [-0.15, -0.1) is 0 Å². The fourth-order valence-electron chi connectivity index (χ4n) is 6.18. The van der Waals surface area contributed by atoms with Crippen LogP contribution >= 0.6 is 7.82 Å². The van der Waals surface area contributed by atoms with E-state index >= 15 is 0 Å². The standard InChI is InChI=1S/C48H85O10P/c1-3-5-7-9-11-13-15-17-18-19-20-21-22-23-24-25-26-28-29-31-33-35-37-39-47(51)55-43-46(44-57-59(53,54)56-42-45(50)41-49)58-48(52)40-38-36-34-32-30-27-16-14-12-10-8-6-4-2/h6,8,10,12,14,16,23-24,27,30,45-46,49-50H,3-5,7,9,11,13,15,17-22,25-26,28-29,31-44H2,1-2H3,(H,53,54)/b8-6+,12-10+,16-14+,24-23+,30-27+/t45-,46?/m1/s1. The van der Waals surface area contributed by atoms with Gasteiger partial charge in [-0.3, -0.25) is 18.6 Å². The minimum Gasteiger partial charge on any atom is -0.462 e. The summed E-state index contributed by atoms with van der Waals surface area (Å²) in [5.41, 5.74) is 0. The van der Waals surface area contributed by atoms with Crippen LogP contribution in [-0.2, 0) is 32.7 Å². The summed E-state index contributed by atoms with van der Waals surface area (Å²) in [7, 11) is -4.63. The first-order chi connectivity index (χ1) is 28.7. The van der Waals surface area contributed by atoms with Crippen molar-refractivity contribution in [3.05, 3.63) is 60.8 Å². The maximum atomic E-state index is 12.6. The zero-order valence-electron chi connectivity index (χ0n) is 37.2. The molecule has 3 N–H and O–H groups in total. The highest BCUT2D eigenvalue weighted by Gasteiger charge is 2.27. The third kappa shape index (κ3) is 43.6. The van der Waals surface area contributed by atoms with Crippen LogP contribution in [0.15, 0.2) is 60.8 Å². The van der Waals surface area contributed by atoms with Crippen LogP contribution in [-0.4, -0.2) is 65.7 Å². The molecule has 10 nitrogen and oxygen atoms in total. The van der Waals surface area contributed by atoms with Gasteiger partial charge in [-0.05, 0) is 57.8 Å². The molecule has 0 aromatic rings. The number of carbonyl (C=O) groups excluding carboxylic acids is 2. The molecule has 0 fully saturated rings. The maximum Gasteiger partial charge on any atom is 0.472 e. The average molecular weight is 853 g/mol. The molecule has 0 amide bonds. The summed E-state index contributed by atoms with van der Waals surface area (Å²) in [5, 5.41) is 18.3. The van der Waals surface area contributed by atoms with Gasteiger partial charge in [-0.1, -0.05) is 184 Å². The number of allylic oxidation sites excluding steroid dienone is 10. The van der Waals surface area contributed by atoms with Gasteiger partial charge >= 0.3 is 19.8 Å². The van der Waals surface area contributed by atoms with Crippen LogP contribution in [0, 0.1) is 0 Å². The summed E-state index contributed by atoms with van der Waals surface area (Å²) >= 11 is 0. The molecule has 0 bridgehead atoms. The van der Waals surface area contributed by atoms with E-state index in [4.69, 9.17) is 19.1 Å². The Bertz CT molecular complexity index is 1160. The SMILES string of the molecule is CC/C=C/C=C/C=C/C=C/CCCCCC(=O)OC(COC(=O)CCCCCCCCC/C=C/CCCCCCCCCCCCCC)COP(=O)(O)OC[C@H](O)CO. The summed E-state index contributed by atoms with van der Waals surface area (Å²) in [4.78, 5) is 35.0. The molecule has 0 aliphatic carbocycles. The van der Waals surface area contributed by atoms with Crippen molar-refractivity contribution in [1.82, 2.24) is 0 Å². The van der Waals surface area contributed by atoms with Gasteiger partial charge in [0.15, 0.2) is 6.10 Å². The Labute approximate surface area is 359 Å². The van der Waals surface area contributed by atoms with Crippen LogP contribution in [0.1, 0.15) is 194 Å². The first-order valence-electron chi connectivity index (χ1n) is 23.3. The second-order valence-electron chi connectivity index (χ2n) is 15.5. The number of ether oxygens (including phenoxy) is 2. The van der Waals surface area contributed by atoms with Gasteiger partial charge in [0.25, 0.3) is 0 Å². The van der Waals surface area contributed by atoms with E-state index in [1.54, 1.807) is 0 Å². The maximum absolute atomic E-state index is 12.6. The van der Waals surface area contributed by atoms with Crippen molar-refractivity contribution in [3.8, 4) is 0 Å². The van der Waals surface area contributed by atoms with Crippen molar-refractivity contribution in [2.24, 2.45) is 0 Å². The quantitative estimate of drug-likeness (QED) is 0.0178. The molecule has 0 saturated carbocycles. The first kappa shape index (κ1) is 56.7. The Hall–Kier alpha value is -2.33. The summed E-state index contributed by atoms with van der Waals surface area (Å²) < 4.78 is 32.7. The van der Waals surface area contributed by atoms with E-state index in [1.165, 1.54) is 103 Å². The summed E-state index contributed by atoms with van der Waals surface area (Å²) in [6, 6.07) is 0. The summed E-state index contributed by atoms with van der Waals surface area (Å²) in [5.74, 6) is -0.977. The zero-order chi connectivity index (χ0) is 43.3.